The van der Waals surface area contributed by atoms with E-state index in [1.54, 1.807) is 42.5 Å². The summed E-state index contributed by atoms with van der Waals surface area (Å²) in [6, 6.07) is 10.1. The molecule has 16 N–H and O–H groups in total. The van der Waals surface area contributed by atoms with E-state index in [0.29, 0.717) is 23.1 Å². The van der Waals surface area contributed by atoms with Gasteiger partial charge in [0.05, 0.1) is 25.4 Å². The van der Waals surface area contributed by atoms with Crippen molar-refractivity contribution in [2.24, 2.45) is 11.5 Å². The number of nitrogens with one attached hydrogen (secondary N) is 5. The highest BCUT2D eigenvalue weighted by atomic mass is 16.7. The molecule has 0 radical (unpaired) electrons. The zero-order valence-corrected chi connectivity index (χ0v) is 39.6. The Bertz CT molecular complexity index is 2330. The summed E-state index contributed by atoms with van der Waals surface area (Å²) in [5.41, 5.74) is 13.0. The predicted molar refractivity (Wildman–Crippen MR) is 252 cm³/mol. The van der Waals surface area contributed by atoms with Crippen molar-refractivity contribution >= 4 is 41.4 Å². The number of carbonyl (C=O) groups is 7. The summed E-state index contributed by atoms with van der Waals surface area (Å²) in [6.45, 7) is 0.988. The number of carbonyl (C=O) groups excluding carboxylic acids is 7. The third-order valence-electron chi connectivity index (χ3n) is 12.3. The Morgan fingerprint density at radius 1 is 0.681 bits per heavy atom. The van der Waals surface area contributed by atoms with E-state index in [2.05, 4.69) is 26.6 Å². The van der Waals surface area contributed by atoms with Crippen molar-refractivity contribution in [1.29, 1.82) is 0 Å². The minimum atomic E-state index is -1.96. The third kappa shape index (κ3) is 15.1. The summed E-state index contributed by atoms with van der Waals surface area (Å²) in [7, 11) is 0. The molecule has 7 amide bonds. The van der Waals surface area contributed by atoms with Gasteiger partial charge in [-0.1, -0.05) is 54.6 Å². The standard InChI is InChI=1S/C48H64N8O16/c1-24(51-43(66)31(49)19-27-10-14-29(59)15-11-27)42(65)52-32(20-26-7-4-3-5-8-26)44(67)55-37(25(2)71-48-40(63)39(62)38(61)36(23-58)72-48)46(69)53-33(21-28-12-16-30(60)17-13-28)47(70)56-18-6-9-35(56)45(68)54-34(22-57)41(50)64/h3-5,7-8,10-17,24-25,31-40,48,57-63H,6,9,18-23,49H2,1-2H3,(H2,50,64)(H,51,66)(H,52,65)(H,53,69)(H,54,68)(H,55,67)/t24-,25-,31+,32+,33+,34+,35+,36?,37+,38?,39?,40?,48?/m1/s1. The minimum absolute atomic E-state index is 0.0140. The first-order valence-electron chi connectivity index (χ1n) is 23.2. The summed E-state index contributed by atoms with van der Waals surface area (Å²) in [4.78, 5) is 97.3. The van der Waals surface area contributed by atoms with Gasteiger partial charge in [-0.25, -0.2) is 0 Å². The first-order chi connectivity index (χ1) is 34.2. The first-order valence-corrected chi connectivity index (χ1v) is 23.2. The van der Waals surface area contributed by atoms with Gasteiger partial charge in [0.15, 0.2) is 6.29 Å². The molecule has 2 saturated heterocycles. The number of amides is 7. The van der Waals surface area contributed by atoms with Gasteiger partial charge in [-0.3, -0.25) is 33.6 Å². The molecule has 3 aromatic rings. The number of aliphatic hydroxyl groups is 5. The number of phenols is 2. The van der Waals surface area contributed by atoms with E-state index in [-0.39, 0.29) is 43.7 Å². The average Bonchev–Trinajstić information content (AvgIpc) is 3.86. The van der Waals surface area contributed by atoms with Crippen molar-refractivity contribution in [2.45, 2.75) is 125 Å². The number of aliphatic hydroxyl groups excluding tert-OH is 5. The van der Waals surface area contributed by atoms with Crippen molar-refractivity contribution in [1.82, 2.24) is 31.5 Å². The van der Waals surface area contributed by atoms with Crippen molar-refractivity contribution < 1.29 is 78.8 Å². The highest BCUT2D eigenvalue weighted by Crippen LogP contribution is 2.25. The van der Waals surface area contributed by atoms with Crippen LogP contribution in [-0.4, -0.2) is 181 Å². The van der Waals surface area contributed by atoms with Crippen molar-refractivity contribution in [2.75, 3.05) is 19.8 Å². The van der Waals surface area contributed by atoms with Gasteiger partial charge in [0.1, 0.15) is 72.2 Å². The van der Waals surface area contributed by atoms with Crippen LogP contribution in [0.2, 0.25) is 0 Å². The fourth-order valence-corrected chi connectivity index (χ4v) is 8.15. The number of benzene rings is 3. The van der Waals surface area contributed by atoms with Crippen molar-refractivity contribution in [3.05, 3.63) is 95.6 Å². The summed E-state index contributed by atoms with van der Waals surface area (Å²) < 4.78 is 11.5. The summed E-state index contributed by atoms with van der Waals surface area (Å²) in [6.07, 6.45) is -10.4. The zero-order valence-electron chi connectivity index (χ0n) is 39.6. The van der Waals surface area contributed by atoms with Crippen LogP contribution in [0.25, 0.3) is 0 Å². The fraction of sp³-hybridized carbons (Fsp3) is 0.479. The largest absolute Gasteiger partial charge is 0.508 e. The molecular formula is C48H64N8O16. The molecule has 392 valence electrons. The van der Waals surface area contributed by atoms with Gasteiger partial charge < -0.3 is 88.2 Å². The first kappa shape index (κ1) is 56.1. The lowest BCUT2D eigenvalue weighted by atomic mass is 9.99. The van der Waals surface area contributed by atoms with Crippen LogP contribution in [0, 0.1) is 0 Å². The number of nitrogens with zero attached hydrogens (tertiary/aromatic N) is 1. The molecule has 2 fully saturated rings. The second kappa shape index (κ2) is 26.1. The number of rotatable bonds is 23. The topological polar surface area (TPSA) is 395 Å². The maximum absolute atomic E-state index is 14.8. The maximum atomic E-state index is 14.8. The molecule has 5 rings (SSSR count). The lowest BCUT2D eigenvalue weighted by Crippen LogP contribution is -2.64. The van der Waals surface area contributed by atoms with Crippen LogP contribution >= 0.6 is 0 Å². The lowest BCUT2D eigenvalue weighted by Gasteiger charge is -2.41. The Morgan fingerprint density at radius 3 is 1.83 bits per heavy atom. The Hall–Kier alpha value is -6.77. The molecule has 2 aliphatic heterocycles. The molecule has 3 aromatic carbocycles. The average molecular weight is 1010 g/mol. The molecule has 24 heteroatoms. The number of primary amides is 1. The van der Waals surface area contributed by atoms with Crippen LogP contribution in [0.5, 0.6) is 11.5 Å². The van der Waals surface area contributed by atoms with Gasteiger partial charge in [0.2, 0.25) is 41.4 Å². The molecule has 0 aromatic heterocycles. The molecular weight excluding hydrogens is 945 g/mol. The third-order valence-corrected chi connectivity index (χ3v) is 12.3. The molecule has 0 bridgehead atoms. The molecule has 2 aliphatic rings. The normalized spacial score (nSPS) is 22.7. The van der Waals surface area contributed by atoms with E-state index in [4.69, 9.17) is 20.9 Å². The quantitative estimate of drug-likeness (QED) is 0.0426. The van der Waals surface area contributed by atoms with Gasteiger partial charge in [-0.05, 0) is 74.1 Å². The highest BCUT2D eigenvalue weighted by Gasteiger charge is 2.46. The van der Waals surface area contributed by atoms with Gasteiger partial charge in [0.25, 0.3) is 0 Å². The smallest absolute Gasteiger partial charge is 0.246 e. The number of phenolic OH excluding ortho intramolecular Hbond substituents is 2. The number of ether oxygens (including phenoxy) is 2. The second-order valence-corrected chi connectivity index (χ2v) is 17.8. The number of likely N-dealkylation sites (tertiary alicyclic amines) is 1. The number of nitrogens with two attached hydrogens (primary N) is 2. The van der Waals surface area contributed by atoms with Crippen LogP contribution in [0.15, 0.2) is 78.9 Å². The lowest BCUT2D eigenvalue weighted by molar-refractivity contribution is -0.311. The Balaban J connectivity index is 1.45. The molecule has 13 atom stereocenters. The molecule has 2 heterocycles. The molecule has 0 spiro atoms. The summed E-state index contributed by atoms with van der Waals surface area (Å²) >= 11 is 0. The maximum Gasteiger partial charge on any atom is 0.246 e. The van der Waals surface area contributed by atoms with Gasteiger partial charge in [-0.15, -0.1) is 0 Å². The molecule has 0 saturated carbocycles. The molecule has 5 unspecified atom stereocenters. The number of hydrogen-bond donors (Lipinski definition) is 14. The van der Waals surface area contributed by atoms with E-state index < -0.39 is 134 Å². The van der Waals surface area contributed by atoms with Gasteiger partial charge >= 0.3 is 0 Å². The predicted octanol–water partition coefficient (Wildman–Crippen LogP) is -4.43. The molecule has 0 aliphatic carbocycles. The second-order valence-electron chi connectivity index (χ2n) is 17.8. The highest BCUT2D eigenvalue weighted by molar-refractivity contribution is 5.97. The van der Waals surface area contributed by atoms with E-state index >= 15 is 0 Å². The SMILES string of the molecule is C[C@@H](NC(=O)[C@@H](N)Cc1ccc(O)cc1)C(=O)N[C@@H](Cc1ccccc1)C(=O)N[C@H](C(=O)N[C@@H](Cc1ccc(O)cc1)C(=O)N1CCC[C@H]1C(=O)N[C@@H](CO)C(N)=O)[C@@H](C)OC1OC(CO)C(O)C(O)C1O. The Labute approximate surface area is 414 Å². The monoisotopic (exact) mass is 1010 g/mol. The Kier molecular flexibility index (Phi) is 20.3. The summed E-state index contributed by atoms with van der Waals surface area (Å²) in [5, 5.41) is 83.6. The van der Waals surface area contributed by atoms with Crippen LogP contribution in [-0.2, 0) is 62.3 Å². The van der Waals surface area contributed by atoms with Crippen LogP contribution in [0.1, 0.15) is 43.4 Å². The van der Waals surface area contributed by atoms with E-state index in [1.807, 2.05) is 0 Å². The van der Waals surface area contributed by atoms with E-state index in [1.165, 1.54) is 55.1 Å². The fourth-order valence-electron chi connectivity index (χ4n) is 8.15. The molecule has 24 nitrogen and oxygen atoms in total. The van der Waals surface area contributed by atoms with Gasteiger partial charge in [0, 0.05) is 19.4 Å². The van der Waals surface area contributed by atoms with Crippen molar-refractivity contribution in [3.63, 3.8) is 0 Å². The van der Waals surface area contributed by atoms with Crippen molar-refractivity contribution in [3.8, 4) is 11.5 Å². The van der Waals surface area contributed by atoms with E-state index in [0.717, 1.165) is 0 Å². The van der Waals surface area contributed by atoms with Gasteiger partial charge in [-0.2, -0.15) is 0 Å². The number of hydrogen-bond acceptors (Lipinski definition) is 17. The minimum Gasteiger partial charge on any atom is -0.508 e. The zero-order chi connectivity index (χ0) is 52.8. The van der Waals surface area contributed by atoms with E-state index in [9.17, 15) is 69.3 Å². The summed E-state index contributed by atoms with van der Waals surface area (Å²) in [5.74, 6) is -6.37. The Morgan fingerprint density at radius 2 is 1.25 bits per heavy atom. The number of aromatic hydroxyl groups is 2. The van der Waals surface area contributed by atoms with Crippen LogP contribution in [0.4, 0.5) is 0 Å². The van der Waals surface area contributed by atoms with Crippen LogP contribution in [0.3, 0.4) is 0 Å². The van der Waals surface area contributed by atoms with Crippen LogP contribution < -0.4 is 38.1 Å². The molecule has 72 heavy (non-hydrogen) atoms.